The highest BCUT2D eigenvalue weighted by molar-refractivity contribution is 7.84. The van der Waals surface area contributed by atoms with E-state index in [4.69, 9.17) is 6.42 Å². The van der Waals surface area contributed by atoms with Gasteiger partial charge in [0, 0.05) is 12.2 Å². The minimum absolute atomic E-state index is 0.136. The van der Waals surface area contributed by atoms with E-state index in [0.29, 0.717) is 24.1 Å². The van der Waals surface area contributed by atoms with E-state index in [2.05, 4.69) is 24.8 Å². The van der Waals surface area contributed by atoms with Crippen molar-refractivity contribution in [2.45, 2.75) is 38.0 Å². The molecule has 0 bridgehead atoms. The first-order chi connectivity index (χ1) is 11.4. The third kappa shape index (κ3) is 2.89. The smallest absolute Gasteiger partial charge is 0.335 e. The van der Waals surface area contributed by atoms with Crippen molar-refractivity contribution in [1.82, 2.24) is 19.3 Å². The number of aliphatic hydroxyl groups excluding tert-OH is 1. The van der Waals surface area contributed by atoms with E-state index in [1.54, 1.807) is 6.20 Å². The minimum Gasteiger partial charge on any atom is -0.391 e. The van der Waals surface area contributed by atoms with Crippen LogP contribution in [0.1, 0.15) is 30.1 Å². The van der Waals surface area contributed by atoms with Crippen molar-refractivity contribution in [2.75, 3.05) is 7.11 Å². The van der Waals surface area contributed by atoms with Crippen LogP contribution >= 0.6 is 0 Å². The summed E-state index contributed by atoms with van der Waals surface area (Å²) in [7, 11) is -2.80. The van der Waals surface area contributed by atoms with Crippen LogP contribution in [0, 0.1) is 19.3 Å². The fourth-order valence-corrected chi connectivity index (χ4v) is 3.92. The van der Waals surface area contributed by atoms with Crippen LogP contribution in [0.15, 0.2) is 12.5 Å². The maximum absolute atomic E-state index is 11.6. The summed E-state index contributed by atoms with van der Waals surface area (Å²) in [5.74, 6) is 2.63. The Balaban J connectivity index is 1.96. The summed E-state index contributed by atoms with van der Waals surface area (Å²) in [6.45, 7) is 1.86. The highest BCUT2D eigenvalue weighted by Gasteiger charge is 2.37. The van der Waals surface area contributed by atoms with E-state index >= 15 is 0 Å². The molecule has 3 rings (SSSR count). The second kappa shape index (κ2) is 6.14. The quantitative estimate of drug-likeness (QED) is 0.767. The summed E-state index contributed by atoms with van der Waals surface area (Å²) in [6, 6.07) is -0.766. The lowest BCUT2D eigenvalue weighted by Crippen LogP contribution is -2.40. The summed E-state index contributed by atoms with van der Waals surface area (Å²) in [6.07, 6.45) is 8.80. The standard InChI is InChI=1S/C15H18N4O4S/c1-4-10-7-19(15-14(10)9(2)16-8-17-15)11-5-12(13(20)6-11)18-24(21,22)23-3/h1,7-8,11-13,18,20H,5-6H2,2-3H3/t11-,12+,13+/m1/s1. The zero-order chi connectivity index (χ0) is 17.5. The monoisotopic (exact) mass is 350 g/mol. The average molecular weight is 350 g/mol. The highest BCUT2D eigenvalue weighted by Crippen LogP contribution is 2.35. The molecule has 1 fully saturated rings. The van der Waals surface area contributed by atoms with Gasteiger partial charge in [-0.2, -0.15) is 13.1 Å². The Morgan fingerprint density at radius 1 is 1.46 bits per heavy atom. The largest absolute Gasteiger partial charge is 0.391 e. The molecule has 0 aromatic carbocycles. The fraction of sp³-hybridized carbons (Fsp3) is 0.467. The van der Waals surface area contributed by atoms with E-state index in [0.717, 1.165) is 18.2 Å². The van der Waals surface area contributed by atoms with Gasteiger partial charge in [0.25, 0.3) is 0 Å². The molecular formula is C15H18N4O4S. The Labute approximate surface area is 140 Å². The topological polar surface area (TPSA) is 106 Å². The number of aryl methyl sites for hydroxylation is 1. The summed E-state index contributed by atoms with van der Waals surface area (Å²) >= 11 is 0. The van der Waals surface area contributed by atoms with Crippen molar-refractivity contribution in [1.29, 1.82) is 0 Å². The Morgan fingerprint density at radius 2 is 2.21 bits per heavy atom. The molecular weight excluding hydrogens is 332 g/mol. The number of nitrogens with zero attached hydrogens (tertiary/aromatic N) is 3. The highest BCUT2D eigenvalue weighted by atomic mass is 32.2. The number of fused-ring (bicyclic) bond motifs is 1. The molecule has 2 N–H and O–H groups in total. The second-order valence-corrected chi connectivity index (χ2v) is 7.27. The first-order valence-electron chi connectivity index (χ1n) is 7.41. The number of terminal acetylenes is 1. The maximum atomic E-state index is 11.6. The van der Waals surface area contributed by atoms with E-state index < -0.39 is 22.4 Å². The Morgan fingerprint density at radius 3 is 2.88 bits per heavy atom. The molecule has 24 heavy (non-hydrogen) atoms. The number of rotatable bonds is 4. The van der Waals surface area contributed by atoms with Gasteiger partial charge in [0.15, 0.2) is 0 Å². The number of aliphatic hydroxyl groups is 1. The Hall–Kier alpha value is -1.99. The van der Waals surface area contributed by atoms with Gasteiger partial charge in [-0.3, -0.25) is 4.18 Å². The molecule has 0 spiro atoms. The second-order valence-electron chi connectivity index (χ2n) is 5.79. The molecule has 0 unspecified atom stereocenters. The van der Waals surface area contributed by atoms with Gasteiger partial charge < -0.3 is 9.67 Å². The zero-order valence-corrected chi connectivity index (χ0v) is 14.1. The average Bonchev–Trinajstić information content (AvgIpc) is 3.09. The van der Waals surface area contributed by atoms with Crippen molar-refractivity contribution in [3.05, 3.63) is 23.8 Å². The molecule has 0 radical (unpaired) electrons. The number of hydrogen-bond donors (Lipinski definition) is 2. The van der Waals surface area contributed by atoms with Gasteiger partial charge in [0.1, 0.15) is 12.0 Å². The van der Waals surface area contributed by atoms with Gasteiger partial charge in [-0.1, -0.05) is 5.92 Å². The lowest BCUT2D eigenvalue weighted by molar-refractivity contribution is 0.154. The summed E-state index contributed by atoms with van der Waals surface area (Å²) < 4.78 is 31.7. The van der Waals surface area contributed by atoms with Gasteiger partial charge >= 0.3 is 10.3 Å². The summed E-state index contributed by atoms with van der Waals surface area (Å²) in [4.78, 5) is 8.48. The van der Waals surface area contributed by atoms with Gasteiger partial charge in [-0.05, 0) is 19.8 Å². The molecule has 128 valence electrons. The van der Waals surface area contributed by atoms with Crippen LogP contribution in [0.5, 0.6) is 0 Å². The van der Waals surface area contributed by atoms with Crippen LogP contribution in [0.3, 0.4) is 0 Å². The van der Waals surface area contributed by atoms with Crippen molar-refractivity contribution < 1.29 is 17.7 Å². The molecule has 0 saturated heterocycles. The molecule has 2 aromatic rings. The summed E-state index contributed by atoms with van der Waals surface area (Å²) in [5.41, 5.74) is 2.14. The predicted molar refractivity (Wildman–Crippen MR) is 87.3 cm³/mol. The van der Waals surface area contributed by atoms with Crippen LogP contribution in [0.4, 0.5) is 0 Å². The number of aromatic nitrogens is 3. The van der Waals surface area contributed by atoms with Gasteiger partial charge in [-0.15, -0.1) is 6.42 Å². The first kappa shape index (κ1) is 16.9. The molecule has 9 heteroatoms. The minimum atomic E-state index is -3.87. The first-order valence-corrected chi connectivity index (χ1v) is 8.81. The van der Waals surface area contributed by atoms with Gasteiger partial charge in [0.05, 0.1) is 35.9 Å². The lowest BCUT2D eigenvalue weighted by Gasteiger charge is -2.15. The third-order valence-corrected chi connectivity index (χ3v) is 5.40. The summed E-state index contributed by atoms with van der Waals surface area (Å²) in [5, 5.41) is 11.0. The molecule has 2 heterocycles. The van der Waals surface area contributed by atoms with Crippen LogP contribution in [-0.4, -0.2) is 47.3 Å². The molecule has 1 saturated carbocycles. The Bertz CT molecular complexity index is 915. The molecule has 1 aliphatic rings. The number of hydrogen-bond acceptors (Lipinski definition) is 6. The van der Waals surface area contributed by atoms with Crippen LogP contribution < -0.4 is 4.72 Å². The molecule has 0 amide bonds. The zero-order valence-electron chi connectivity index (χ0n) is 13.3. The fourth-order valence-electron chi connectivity index (χ4n) is 3.20. The molecule has 3 atom stereocenters. The molecule has 8 nitrogen and oxygen atoms in total. The Kier molecular flexibility index (Phi) is 4.31. The molecule has 2 aromatic heterocycles. The van der Waals surface area contributed by atoms with Gasteiger partial charge in [-0.25, -0.2) is 9.97 Å². The maximum Gasteiger partial charge on any atom is 0.335 e. The van der Waals surface area contributed by atoms with Crippen LogP contribution in [0.25, 0.3) is 11.0 Å². The van der Waals surface area contributed by atoms with Crippen LogP contribution in [0.2, 0.25) is 0 Å². The molecule has 0 aliphatic heterocycles. The van der Waals surface area contributed by atoms with E-state index in [9.17, 15) is 13.5 Å². The van der Waals surface area contributed by atoms with Gasteiger partial charge in [0.2, 0.25) is 0 Å². The van der Waals surface area contributed by atoms with Crippen molar-refractivity contribution >= 4 is 21.3 Å². The SMILES string of the molecule is C#Cc1cn([C@@H]2C[C@H](NS(=O)(=O)OC)[C@@H](O)C2)c2ncnc(C)c12. The van der Waals surface area contributed by atoms with E-state index in [-0.39, 0.29) is 6.04 Å². The van der Waals surface area contributed by atoms with Crippen molar-refractivity contribution in [2.24, 2.45) is 0 Å². The lowest BCUT2D eigenvalue weighted by atomic mass is 10.2. The van der Waals surface area contributed by atoms with Crippen LogP contribution in [-0.2, 0) is 14.5 Å². The molecule has 1 aliphatic carbocycles. The van der Waals surface area contributed by atoms with Crippen molar-refractivity contribution in [3.8, 4) is 12.3 Å². The van der Waals surface area contributed by atoms with E-state index in [1.165, 1.54) is 6.33 Å². The predicted octanol–water partition coefficient (Wildman–Crippen LogP) is 0.266. The third-order valence-electron chi connectivity index (χ3n) is 4.37. The van der Waals surface area contributed by atoms with Crippen molar-refractivity contribution in [3.63, 3.8) is 0 Å². The van der Waals surface area contributed by atoms with E-state index in [1.807, 2.05) is 11.5 Å². The number of nitrogens with one attached hydrogen (secondary N) is 1. The normalized spacial score (nSPS) is 24.3.